The number of hydrogen-bond acceptors (Lipinski definition) is 4. The molecule has 0 amide bonds. The Morgan fingerprint density at radius 1 is 0.926 bits per heavy atom. The van der Waals surface area contributed by atoms with Crippen molar-refractivity contribution in [2.24, 2.45) is 14.1 Å². The summed E-state index contributed by atoms with van der Waals surface area (Å²) in [6.07, 6.45) is -6.12. The van der Waals surface area contributed by atoms with Crippen molar-refractivity contribution in [2.75, 3.05) is 0 Å². The van der Waals surface area contributed by atoms with E-state index in [1.54, 1.807) is 0 Å². The van der Waals surface area contributed by atoms with Crippen LogP contribution >= 0.6 is 11.6 Å². The second-order valence-corrected chi connectivity index (χ2v) is 4.87. The van der Waals surface area contributed by atoms with E-state index in [0.29, 0.717) is 9.36 Å². The standard InChI is InChI=1S/C6H4ClF3N2O.C6H5F3N2O2.CH4/c1-12-6(10)2(4(7)13)3(11-12)5(8)9;1-11-5(9)2(6(12)13)3(10-11)4(7)8;/h5H,1H3;4H,1H3,(H,12,13);1H4. The number of carboxylic acid groups (broad SMARTS) is 1. The summed E-state index contributed by atoms with van der Waals surface area (Å²) in [6, 6.07) is 0. The van der Waals surface area contributed by atoms with E-state index in [1.807, 2.05) is 0 Å². The highest BCUT2D eigenvalue weighted by atomic mass is 35.5. The van der Waals surface area contributed by atoms with Crippen LogP contribution in [0.25, 0.3) is 0 Å². The summed E-state index contributed by atoms with van der Waals surface area (Å²) < 4.78 is 75.1. The molecule has 0 atom stereocenters. The average molecular weight is 423 g/mol. The maximum atomic E-state index is 12.9. The van der Waals surface area contributed by atoms with Gasteiger partial charge in [-0.3, -0.25) is 4.79 Å². The van der Waals surface area contributed by atoms with E-state index >= 15 is 0 Å². The highest BCUT2D eigenvalue weighted by molar-refractivity contribution is 6.67. The van der Waals surface area contributed by atoms with Gasteiger partial charge in [0.2, 0.25) is 11.9 Å². The van der Waals surface area contributed by atoms with Crippen molar-refractivity contribution in [3.05, 3.63) is 34.4 Å². The first-order valence-corrected chi connectivity index (χ1v) is 6.72. The van der Waals surface area contributed by atoms with E-state index < -0.39 is 58.5 Å². The third kappa shape index (κ3) is 5.21. The number of hydrogen-bond donors (Lipinski definition) is 1. The fraction of sp³-hybridized carbons (Fsp3) is 0.385. The molecule has 27 heavy (non-hydrogen) atoms. The lowest BCUT2D eigenvalue weighted by molar-refractivity contribution is 0.0678. The Balaban J connectivity index is 0.000000483. The van der Waals surface area contributed by atoms with Gasteiger partial charge in [0.1, 0.15) is 22.5 Å². The van der Waals surface area contributed by atoms with Crippen molar-refractivity contribution < 1.29 is 41.0 Å². The second kappa shape index (κ2) is 9.39. The number of carboxylic acids is 1. The molecule has 1 N–H and O–H groups in total. The van der Waals surface area contributed by atoms with Crippen molar-refractivity contribution in [1.29, 1.82) is 0 Å². The molecule has 2 heterocycles. The minimum absolute atomic E-state index is 0. The lowest BCUT2D eigenvalue weighted by Crippen LogP contribution is -2.03. The van der Waals surface area contributed by atoms with Crippen LogP contribution in [0.2, 0.25) is 0 Å². The molecule has 7 nitrogen and oxygen atoms in total. The fourth-order valence-electron chi connectivity index (χ4n) is 1.73. The molecular formula is C13H13ClF6N4O3. The molecule has 0 aromatic carbocycles. The molecule has 0 saturated heterocycles. The van der Waals surface area contributed by atoms with E-state index in [9.17, 15) is 35.9 Å². The molecule has 0 radical (unpaired) electrons. The average Bonchev–Trinajstić information content (AvgIpc) is 2.98. The van der Waals surface area contributed by atoms with Crippen molar-refractivity contribution in [1.82, 2.24) is 19.6 Å². The largest absolute Gasteiger partial charge is 0.477 e. The van der Waals surface area contributed by atoms with Gasteiger partial charge in [0.15, 0.2) is 0 Å². The Bertz CT molecular complexity index is 768. The van der Waals surface area contributed by atoms with Gasteiger partial charge in [-0.15, -0.1) is 0 Å². The monoisotopic (exact) mass is 422 g/mol. The van der Waals surface area contributed by atoms with Crippen molar-refractivity contribution in [3.8, 4) is 0 Å². The van der Waals surface area contributed by atoms with Crippen molar-refractivity contribution in [2.45, 2.75) is 20.3 Å². The van der Waals surface area contributed by atoms with Gasteiger partial charge in [-0.05, 0) is 11.6 Å². The van der Waals surface area contributed by atoms with Crippen LogP contribution in [-0.2, 0) is 14.1 Å². The van der Waals surface area contributed by atoms with Crippen LogP contribution in [0.1, 0.15) is 52.4 Å². The first-order valence-electron chi connectivity index (χ1n) is 6.34. The number of halogens is 7. The van der Waals surface area contributed by atoms with Gasteiger partial charge in [0.25, 0.3) is 18.1 Å². The Morgan fingerprint density at radius 2 is 1.26 bits per heavy atom. The summed E-state index contributed by atoms with van der Waals surface area (Å²) >= 11 is 4.91. The minimum atomic E-state index is -3.10. The molecule has 0 aliphatic heterocycles. The Morgan fingerprint density at radius 3 is 1.48 bits per heavy atom. The van der Waals surface area contributed by atoms with Crippen LogP contribution in [0.5, 0.6) is 0 Å². The molecule has 14 heteroatoms. The molecule has 0 spiro atoms. The van der Waals surface area contributed by atoms with Gasteiger partial charge in [-0.2, -0.15) is 19.0 Å². The summed E-state index contributed by atoms with van der Waals surface area (Å²) in [7, 11) is 2.15. The summed E-state index contributed by atoms with van der Waals surface area (Å²) in [5.74, 6) is -4.18. The highest BCUT2D eigenvalue weighted by Gasteiger charge is 2.28. The number of alkyl halides is 4. The van der Waals surface area contributed by atoms with Crippen LogP contribution in [0.3, 0.4) is 0 Å². The van der Waals surface area contributed by atoms with E-state index in [4.69, 9.17) is 16.7 Å². The predicted octanol–water partition coefficient (Wildman–Crippen LogP) is 3.71. The Hall–Kier alpha value is -2.57. The van der Waals surface area contributed by atoms with E-state index in [2.05, 4.69) is 10.2 Å². The van der Waals surface area contributed by atoms with Gasteiger partial charge >= 0.3 is 5.97 Å². The van der Waals surface area contributed by atoms with Gasteiger partial charge in [0.05, 0.1) is 0 Å². The maximum Gasteiger partial charge on any atom is 0.342 e. The van der Waals surface area contributed by atoms with Crippen LogP contribution in [0.4, 0.5) is 26.3 Å². The number of aromatic nitrogens is 4. The maximum absolute atomic E-state index is 12.9. The van der Waals surface area contributed by atoms with Crippen LogP contribution in [0, 0.1) is 11.9 Å². The molecule has 2 aromatic heterocycles. The lowest BCUT2D eigenvalue weighted by Gasteiger charge is -1.93. The summed E-state index contributed by atoms with van der Waals surface area (Å²) in [4.78, 5) is 20.9. The second-order valence-electron chi connectivity index (χ2n) is 4.53. The third-order valence-electron chi connectivity index (χ3n) is 2.83. The van der Waals surface area contributed by atoms with E-state index in [-0.39, 0.29) is 7.43 Å². The zero-order valence-corrected chi connectivity index (χ0v) is 13.6. The van der Waals surface area contributed by atoms with Crippen molar-refractivity contribution in [3.63, 3.8) is 0 Å². The summed E-state index contributed by atoms with van der Waals surface area (Å²) in [5, 5.41) is 13.3. The predicted molar refractivity (Wildman–Crippen MR) is 80.1 cm³/mol. The van der Waals surface area contributed by atoms with Crippen LogP contribution in [0.15, 0.2) is 0 Å². The SMILES string of the molecule is C.Cn1nc(C(F)F)c(C(=O)Cl)c1F.Cn1nc(C(F)F)c(C(=O)O)c1F. The number of nitrogens with zero attached hydrogens (tertiary/aromatic N) is 4. The molecular weight excluding hydrogens is 410 g/mol. The van der Waals surface area contributed by atoms with Gasteiger partial charge in [-0.1, -0.05) is 7.43 Å². The minimum Gasteiger partial charge on any atom is -0.477 e. The molecule has 2 aromatic rings. The summed E-state index contributed by atoms with van der Waals surface area (Å²) in [6.45, 7) is 0. The molecule has 0 fully saturated rings. The van der Waals surface area contributed by atoms with Crippen molar-refractivity contribution >= 4 is 22.8 Å². The zero-order valence-electron chi connectivity index (χ0n) is 12.9. The smallest absolute Gasteiger partial charge is 0.342 e. The lowest BCUT2D eigenvalue weighted by atomic mass is 10.2. The molecule has 0 saturated carbocycles. The molecule has 0 aliphatic rings. The first-order chi connectivity index (χ1) is 11.9. The number of aromatic carboxylic acids is 1. The number of rotatable bonds is 4. The quantitative estimate of drug-likeness (QED) is 0.599. The van der Waals surface area contributed by atoms with Gasteiger partial charge < -0.3 is 5.11 Å². The van der Waals surface area contributed by atoms with Gasteiger partial charge in [-0.25, -0.2) is 31.7 Å². The van der Waals surface area contributed by atoms with Crippen LogP contribution < -0.4 is 0 Å². The van der Waals surface area contributed by atoms with Gasteiger partial charge in [0, 0.05) is 14.1 Å². The molecule has 0 unspecified atom stereocenters. The first kappa shape index (κ1) is 24.4. The molecule has 2 rings (SSSR count). The molecule has 152 valence electrons. The number of aryl methyl sites for hydroxylation is 2. The third-order valence-corrected chi connectivity index (χ3v) is 3.02. The number of carbonyl (C=O) groups excluding carboxylic acids is 1. The zero-order chi connectivity index (χ0) is 20.3. The Kier molecular flexibility index (Phi) is 8.50. The highest BCUT2D eigenvalue weighted by Crippen LogP contribution is 2.25. The van der Waals surface area contributed by atoms with Crippen LogP contribution in [-0.4, -0.2) is 35.9 Å². The molecule has 0 bridgehead atoms. The Labute approximate surface area is 153 Å². The fourth-order valence-corrected chi connectivity index (χ4v) is 1.91. The normalized spacial score (nSPS) is 10.5. The topological polar surface area (TPSA) is 90.0 Å². The summed E-state index contributed by atoms with van der Waals surface area (Å²) in [5.41, 5.74) is -3.91. The number of carbonyl (C=O) groups is 2. The van der Waals surface area contributed by atoms with E-state index in [0.717, 1.165) is 14.1 Å². The van der Waals surface area contributed by atoms with E-state index in [1.165, 1.54) is 0 Å². The molecule has 0 aliphatic carbocycles.